The molecule has 1 aliphatic carbocycles. The molecular formula is C21H23F2N7O4. The van der Waals surface area contributed by atoms with Crippen molar-refractivity contribution in [2.45, 2.75) is 37.0 Å². The summed E-state index contributed by atoms with van der Waals surface area (Å²) in [6.07, 6.45) is 1.29. The number of pyridine rings is 1. The van der Waals surface area contributed by atoms with E-state index in [0.717, 1.165) is 0 Å². The van der Waals surface area contributed by atoms with Crippen LogP contribution in [0.1, 0.15) is 29.2 Å². The number of rotatable bonds is 6. The first-order valence-corrected chi connectivity index (χ1v) is 10.7. The Morgan fingerprint density at radius 3 is 2.79 bits per heavy atom. The molecule has 1 aliphatic heterocycles. The highest BCUT2D eigenvalue weighted by Gasteiger charge is 2.46. The number of aliphatic hydroxyl groups is 1. The number of carbonyl (C=O) groups is 1. The number of ether oxygens (including phenoxy) is 1. The number of anilines is 3. The summed E-state index contributed by atoms with van der Waals surface area (Å²) < 4.78 is 34.5. The van der Waals surface area contributed by atoms with E-state index in [9.17, 15) is 23.5 Å². The number of hydrogen-bond donors (Lipinski definition) is 4. The summed E-state index contributed by atoms with van der Waals surface area (Å²) in [4.78, 5) is 30.2. The number of amides is 1. The minimum absolute atomic E-state index is 0.142. The first kappa shape index (κ1) is 22.2. The smallest absolute Gasteiger partial charge is 0.274 e. The van der Waals surface area contributed by atoms with Crippen LogP contribution in [-0.4, -0.2) is 68.5 Å². The lowest BCUT2D eigenvalue weighted by Crippen LogP contribution is -2.42. The molecule has 2 atom stereocenters. The van der Waals surface area contributed by atoms with Gasteiger partial charge in [0.05, 0.1) is 31.6 Å². The molecule has 13 heteroatoms. The number of halogens is 2. The molecule has 2 fully saturated rings. The van der Waals surface area contributed by atoms with E-state index in [4.69, 9.17) is 4.74 Å². The third-order valence-electron chi connectivity index (χ3n) is 6.04. The molecule has 1 saturated carbocycles. The third kappa shape index (κ3) is 3.96. The second-order valence-corrected chi connectivity index (χ2v) is 8.43. The van der Waals surface area contributed by atoms with Crippen LogP contribution in [0.4, 0.5) is 26.1 Å². The first-order chi connectivity index (χ1) is 16.3. The number of aromatic nitrogens is 4. The van der Waals surface area contributed by atoms with Crippen molar-refractivity contribution in [1.29, 1.82) is 0 Å². The van der Waals surface area contributed by atoms with Gasteiger partial charge in [0.25, 0.3) is 17.4 Å². The molecule has 0 unspecified atom stereocenters. The lowest BCUT2D eigenvalue weighted by molar-refractivity contribution is -0.104. The average Bonchev–Trinajstić information content (AvgIpc) is 3.39. The van der Waals surface area contributed by atoms with Crippen molar-refractivity contribution >= 4 is 28.9 Å². The van der Waals surface area contributed by atoms with Gasteiger partial charge in [-0.2, -0.15) is 9.61 Å². The van der Waals surface area contributed by atoms with Gasteiger partial charge >= 0.3 is 0 Å². The van der Waals surface area contributed by atoms with E-state index in [1.54, 1.807) is 19.2 Å². The van der Waals surface area contributed by atoms with E-state index in [1.807, 2.05) is 0 Å². The van der Waals surface area contributed by atoms with Gasteiger partial charge in [0.1, 0.15) is 22.9 Å². The van der Waals surface area contributed by atoms with E-state index < -0.39 is 35.6 Å². The Labute approximate surface area is 191 Å². The standard InChI is InChI=1S/C21H23F2N7O4/c1-24-17-5-16(26-13-3-2-4-29(20(13)33)11-6-21(22,23)7-11)28-18-12(8-25-30(17)18)19(32)27-14-9-34-10-15(14)31/h2-5,8,11,14-15,24,31H,6-7,9-10H2,1H3,(H,26,28)(H,27,32)/t14-,15+/m0/s1. The zero-order valence-electron chi connectivity index (χ0n) is 18.2. The lowest BCUT2D eigenvalue weighted by Gasteiger charge is -2.36. The predicted molar refractivity (Wildman–Crippen MR) is 118 cm³/mol. The largest absolute Gasteiger partial charge is 0.388 e. The zero-order valence-corrected chi connectivity index (χ0v) is 18.2. The van der Waals surface area contributed by atoms with Gasteiger partial charge in [-0.05, 0) is 12.1 Å². The SMILES string of the molecule is CNc1cc(Nc2cccn(C3CC(F)(F)C3)c2=O)nc2c(C(=O)N[C@H]3COC[C@H]3O)cnn12. The molecule has 0 radical (unpaired) electrons. The van der Waals surface area contributed by atoms with E-state index in [1.165, 1.54) is 27.5 Å². The summed E-state index contributed by atoms with van der Waals surface area (Å²) in [6.45, 7) is 0.338. The molecule has 3 aromatic heterocycles. The average molecular weight is 475 g/mol. The fourth-order valence-corrected chi connectivity index (χ4v) is 4.15. The highest BCUT2D eigenvalue weighted by atomic mass is 19.3. The quantitative estimate of drug-likeness (QED) is 0.417. The molecule has 4 heterocycles. The minimum atomic E-state index is -2.75. The Kier molecular flexibility index (Phi) is 5.44. The minimum Gasteiger partial charge on any atom is -0.388 e. The molecule has 1 amide bonds. The van der Waals surface area contributed by atoms with Gasteiger partial charge in [-0.25, -0.2) is 13.8 Å². The summed E-state index contributed by atoms with van der Waals surface area (Å²) in [5.41, 5.74) is 0.0994. The van der Waals surface area contributed by atoms with Crippen LogP contribution in [0.15, 0.2) is 35.4 Å². The Bertz CT molecular complexity index is 1300. The van der Waals surface area contributed by atoms with E-state index in [0.29, 0.717) is 5.82 Å². The van der Waals surface area contributed by atoms with Crippen LogP contribution in [0.3, 0.4) is 0 Å². The summed E-state index contributed by atoms with van der Waals surface area (Å²) in [5, 5.41) is 22.7. The van der Waals surface area contributed by atoms with Crippen molar-refractivity contribution in [2.75, 3.05) is 30.9 Å². The Hall–Kier alpha value is -3.58. The van der Waals surface area contributed by atoms with Crippen LogP contribution in [-0.2, 0) is 4.74 Å². The maximum absolute atomic E-state index is 13.3. The zero-order chi connectivity index (χ0) is 24.0. The summed E-state index contributed by atoms with van der Waals surface area (Å²) in [5.74, 6) is -2.49. The van der Waals surface area contributed by atoms with Gasteiger partial charge in [0, 0.05) is 38.2 Å². The van der Waals surface area contributed by atoms with Crippen molar-refractivity contribution in [3.8, 4) is 0 Å². The number of hydrogen-bond acceptors (Lipinski definition) is 8. The van der Waals surface area contributed by atoms with Crippen LogP contribution >= 0.6 is 0 Å². The highest BCUT2D eigenvalue weighted by Crippen LogP contribution is 2.44. The number of nitrogens with zero attached hydrogens (tertiary/aromatic N) is 4. The van der Waals surface area contributed by atoms with Crippen molar-refractivity contribution in [3.05, 3.63) is 46.5 Å². The molecule has 0 bridgehead atoms. The normalized spacial score (nSPS) is 21.9. The first-order valence-electron chi connectivity index (χ1n) is 10.7. The van der Waals surface area contributed by atoms with Gasteiger partial charge < -0.3 is 30.4 Å². The van der Waals surface area contributed by atoms with Crippen LogP contribution in [0.2, 0.25) is 0 Å². The predicted octanol–water partition coefficient (Wildman–Crippen LogP) is 1.14. The maximum atomic E-state index is 13.3. The lowest BCUT2D eigenvalue weighted by atomic mass is 9.88. The van der Waals surface area contributed by atoms with Crippen LogP contribution in [0, 0.1) is 0 Å². The Morgan fingerprint density at radius 1 is 1.32 bits per heavy atom. The van der Waals surface area contributed by atoms with Gasteiger partial charge in [-0.15, -0.1) is 0 Å². The van der Waals surface area contributed by atoms with E-state index in [-0.39, 0.29) is 48.8 Å². The third-order valence-corrected chi connectivity index (χ3v) is 6.04. The second-order valence-electron chi connectivity index (χ2n) is 8.43. The Morgan fingerprint density at radius 2 is 2.12 bits per heavy atom. The summed E-state index contributed by atoms with van der Waals surface area (Å²) in [6, 6.07) is 3.63. The monoisotopic (exact) mass is 475 g/mol. The maximum Gasteiger partial charge on any atom is 0.274 e. The van der Waals surface area contributed by atoms with E-state index >= 15 is 0 Å². The van der Waals surface area contributed by atoms with Gasteiger partial charge in [-0.3, -0.25) is 9.59 Å². The number of nitrogens with one attached hydrogen (secondary N) is 3. The fraction of sp³-hybridized carbons (Fsp3) is 0.429. The molecule has 3 aromatic rings. The Balaban J connectivity index is 1.45. The summed E-state index contributed by atoms with van der Waals surface area (Å²) >= 11 is 0. The van der Waals surface area contributed by atoms with Gasteiger partial charge in [-0.1, -0.05) is 0 Å². The molecule has 1 saturated heterocycles. The molecule has 0 spiro atoms. The molecule has 0 aromatic carbocycles. The van der Waals surface area contributed by atoms with Crippen LogP contribution in [0.5, 0.6) is 0 Å². The molecule has 180 valence electrons. The molecule has 34 heavy (non-hydrogen) atoms. The molecule has 5 rings (SSSR count). The van der Waals surface area contributed by atoms with E-state index in [2.05, 4.69) is 26.0 Å². The molecular weight excluding hydrogens is 452 g/mol. The van der Waals surface area contributed by atoms with Crippen molar-refractivity contribution < 1.29 is 23.4 Å². The number of alkyl halides is 2. The number of aliphatic hydroxyl groups excluding tert-OH is 1. The summed E-state index contributed by atoms with van der Waals surface area (Å²) in [7, 11) is 1.67. The van der Waals surface area contributed by atoms with Crippen LogP contribution < -0.4 is 21.5 Å². The number of fused-ring (bicyclic) bond motifs is 1. The second kappa shape index (κ2) is 8.33. The van der Waals surface area contributed by atoms with Gasteiger partial charge in [0.15, 0.2) is 5.65 Å². The van der Waals surface area contributed by atoms with Crippen molar-refractivity contribution in [2.24, 2.45) is 0 Å². The topological polar surface area (TPSA) is 135 Å². The van der Waals surface area contributed by atoms with Crippen molar-refractivity contribution in [1.82, 2.24) is 24.5 Å². The fourth-order valence-electron chi connectivity index (χ4n) is 4.15. The molecule has 2 aliphatic rings. The number of carbonyl (C=O) groups excluding carboxylic acids is 1. The van der Waals surface area contributed by atoms with Gasteiger partial charge in [0.2, 0.25) is 0 Å². The molecule has 4 N–H and O–H groups in total. The highest BCUT2D eigenvalue weighted by molar-refractivity contribution is 6.00. The molecule has 11 nitrogen and oxygen atoms in total. The van der Waals surface area contributed by atoms with Crippen LogP contribution in [0.25, 0.3) is 5.65 Å². The van der Waals surface area contributed by atoms with Crippen molar-refractivity contribution in [3.63, 3.8) is 0 Å².